The van der Waals surface area contributed by atoms with Crippen LogP contribution >= 0.6 is 11.3 Å². The molecule has 158 valence electrons. The number of benzene rings is 2. The van der Waals surface area contributed by atoms with Crippen molar-refractivity contribution in [1.29, 1.82) is 0 Å². The molecule has 7 nitrogen and oxygen atoms in total. The summed E-state index contributed by atoms with van der Waals surface area (Å²) in [6, 6.07) is 18.7. The van der Waals surface area contributed by atoms with Gasteiger partial charge in [-0.05, 0) is 42.7 Å². The minimum absolute atomic E-state index is 0.260. The van der Waals surface area contributed by atoms with Gasteiger partial charge < -0.3 is 15.2 Å². The second-order valence-electron chi connectivity index (χ2n) is 7.00. The lowest BCUT2D eigenvalue weighted by molar-refractivity contribution is 0.201. The molecule has 0 bridgehead atoms. The van der Waals surface area contributed by atoms with Crippen LogP contribution in [0, 0.1) is 6.92 Å². The van der Waals surface area contributed by atoms with E-state index >= 15 is 0 Å². The van der Waals surface area contributed by atoms with E-state index in [1.807, 2.05) is 66.3 Å². The molecule has 1 amide bonds. The normalized spacial score (nSPS) is 10.7. The van der Waals surface area contributed by atoms with Crippen LogP contribution in [0.15, 0.2) is 66.9 Å². The predicted octanol–water partition coefficient (Wildman–Crippen LogP) is 4.55. The Morgan fingerprint density at radius 3 is 2.65 bits per heavy atom. The fourth-order valence-corrected chi connectivity index (χ4v) is 3.87. The number of nitrogens with one attached hydrogen (secondary N) is 1. The summed E-state index contributed by atoms with van der Waals surface area (Å²) >= 11 is 1.29. The maximum atomic E-state index is 12.1. The average Bonchev–Trinajstić information content (AvgIpc) is 3.39. The standard InChI is InChI=1S/C23H22N4O3S/c1-16-22(30-23(29)24-15-18-5-3-2-4-6-18)31-21(25-16)20-12-14-27(26-20)13-11-17-7-9-19(28)10-8-17/h2-10,12,14,28H,11,13,15H2,1H3,(H,24,29). The molecule has 0 saturated heterocycles. The molecule has 0 atom stereocenters. The number of hydrogen-bond acceptors (Lipinski definition) is 6. The smallest absolute Gasteiger partial charge is 0.413 e. The number of thiazole rings is 1. The number of rotatable bonds is 7. The summed E-state index contributed by atoms with van der Waals surface area (Å²) in [5, 5.41) is 17.9. The van der Waals surface area contributed by atoms with E-state index in [0.717, 1.165) is 23.2 Å². The minimum atomic E-state index is -0.512. The third-order valence-corrected chi connectivity index (χ3v) is 5.70. The van der Waals surface area contributed by atoms with Crippen molar-refractivity contribution in [2.75, 3.05) is 0 Å². The van der Waals surface area contributed by atoms with Crippen molar-refractivity contribution in [3.05, 3.63) is 83.7 Å². The number of hydrogen-bond donors (Lipinski definition) is 2. The van der Waals surface area contributed by atoms with Crippen LogP contribution < -0.4 is 10.1 Å². The highest BCUT2D eigenvalue weighted by atomic mass is 32.1. The Kier molecular flexibility index (Phi) is 6.28. The number of phenolic OH excluding ortho intramolecular Hbond substituents is 1. The number of amides is 1. The molecule has 0 aliphatic carbocycles. The highest BCUT2D eigenvalue weighted by Gasteiger charge is 2.16. The molecular weight excluding hydrogens is 412 g/mol. The van der Waals surface area contributed by atoms with Gasteiger partial charge in [0, 0.05) is 19.3 Å². The number of aryl methyl sites for hydroxylation is 3. The van der Waals surface area contributed by atoms with E-state index in [1.165, 1.54) is 11.3 Å². The summed E-state index contributed by atoms with van der Waals surface area (Å²) in [5.74, 6) is 0.260. The highest BCUT2D eigenvalue weighted by molar-refractivity contribution is 7.17. The third kappa shape index (κ3) is 5.49. The van der Waals surface area contributed by atoms with Crippen LogP contribution in [-0.2, 0) is 19.5 Å². The van der Waals surface area contributed by atoms with Crippen LogP contribution in [-0.4, -0.2) is 26.0 Å². The molecule has 0 fully saturated rings. The van der Waals surface area contributed by atoms with Gasteiger partial charge >= 0.3 is 6.09 Å². The molecule has 0 unspecified atom stereocenters. The number of nitrogens with zero attached hydrogens (tertiary/aromatic N) is 3. The maximum Gasteiger partial charge on any atom is 0.413 e. The molecule has 31 heavy (non-hydrogen) atoms. The van der Waals surface area contributed by atoms with Crippen LogP contribution in [0.2, 0.25) is 0 Å². The predicted molar refractivity (Wildman–Crippen MR) is 119 cm³/mol. The number of carbonyl (C=O) groups excluding carboxylic acids is 1. The molecule has 0 spiro atoms. The summed E-state index contributed by atoms with van der Waals surface area (Å²) in [4.78, 5) is 16.6. The summed E-state index contributed by atoms with van der Waals surface area (Å²) in [5.41, 5.74) is 3.50. The number of ether oxygens (including phenoxy) is 1. The molecule has 8 heteroatoms. The van der Waals surface area contributed by atoms with Crippen molar-refractivity contribution in [3.63, 3.8) is 0 Å². The summed E-state index contributed by atoms with van der Waals surface area (Å²) in [6.45, 7) is 2.91. The lowest BCUT2D eigenvalue weighted by atomic mass is 10.1. The largest absolute Gasteiger partial charge is 0.508 e. The zero-order valence-electron chi connectivity index (χ0n) is 17.0. The first-order valence-corrected chi connectivity index (χ1v) is 10.7. The molecular formula is C23H22N4O3S. The van der Waals surface area contributed by atoms with Crippen LogP contribution in [0.25, 0.3) is 10.7 Å². The molecule has 2 heterocycles. The van der Waals surface area contributed by atoms with Crippen molar-refractivity contribution >= 4 is 17.4 Å². The summed E-state index contributed by atoms with van der Waals surface area (Å²) in [6.07, 6.45) is 2.19. The molecule has 0 saturated carbocycles. The molecule has 4 aromatic rings. The van der Waals surface area contributed by atoms with Gasteiger partial charge in [-0.15, -0.1) is 0 Å². The molecule has 0 radical (unpaired) electrons. The lowest BCUT2D eigenvalue weighted by Crippen LogP contribution is -2.26. The Hall–Kier alpha value is -3.65. The molecule has 2 aromatic carbocycles. The quantitative estimate of drug-likeness (QED) is 0.445. The second-order valence-corrected chi connectivity index (χ2v) is 7.96. The van der Waals surface area contributed by atoms with Gasteiger partial charge in [0.05, 0.1) is 5.69 Å². The van der Waals surface area contributed by atoms with Gasteiger partial charge in [0.25, 0.3) is 0 Å². The van der Waals surface area contributed by atoms with E-state index in [1.54, 1.807) is 12.1 Å². The zero-order chi connectivity index (χ0) is 21.6. The average molecular weight is 435 g/mol. The van der Waals surface area contributed by atoms with Gasteiger partial charge in [0.15, 0.2) is 0 Å². The minimum Gasteiger partial charge on any atom is -0.508 e. The van der Waals surface area contributed by atoms with E-state index in [0.29, 0.717) is 28.9 Å². The van der Waals surface area contributed by atoms with E-state index in [2.05, 4.69) is 15.4 Å². The van der Waals surface area contributed by atoms with Gasteiger partial charge in [-0.2, -0.15) is 5.10 Å². The molecule has 4 rings (SSSR count). The van der Waals surface area contributed by atoms with Gasteiger partial charge in [-0.3, -0.25) is 4.68 Å². The van der Waals surface area contributed by atoms with Crippen LogP contribution in [0.4, 0.5) is 4.79 Å². The van der Waals surface area contributed by atoms with Crippen molar-refractivity contribution in [2.45, 2.75) is 26.4 Å². The Morgan fingerprint density at radius 1 is 1.10 bits per heavy atom. The van der Waals surface area contributed by atoms with Crippen molar-refractivity contribution in [2.24, 2.45) is 0 Å². The van der Waals surface area contributed by atoms with E-state index in [4.69, 9.17) is 4.74 Å². The molecule has 2 aromatic heterocycles. The SMILES string of the molecule is Cc1nc(-c2ccn(CCc3ccc(O)cc3)n2)sc1OC(=O)NCc1ccccc1. The number of aromatic hydroxyl groups is 1. The number of phenols is 1. The van der Waals surface area contributed by atoms with Gasteiger partial charge in [-0.25, -0.2) is 9.78 Å². The topological polar surface area (TPSA) is 89.3 Å². The van der Waals surface area contributed by atoms with Crippen molar-refractivity contribution in [3.8, 4) is 21.5 Å². The third-order valence-electron chi connectivity index (χ3n) is 4.64. The maximum absolute atomic E-state index is 12.1. The number of carbonyl (C=O) groups is 1. The van der Waals surface area contributed by atoms with Gasteiger partial charge in [-0.1, -0.05) is 53.8 Å². The Balaban J connectivity index is 1.35. The van der Waals surface area contributed by atoms with Crippen LogP contribution in [0.1, 0.15) is 16.8 Å². The van der Waals surface area contributed by atoms with E-state index in [9.17, 15) is 9.90 Å². The lowest BCUT2D eigenvalue weighted by Gasteiger charge is -2.05. The first-order chi connectivity index (χ1) is 15.1. The zero-order valence-corrected chi connectivity index (χ0v) is 17.8. The first kappa shape index (κ1) is 20.6. The fourth-order valence-electron chi connectivity index (χ4n) is 2.98. The monoisotopic (exact) mass is 434 g/mol. The molecule has 0 aliphatic rings. The number of aromatic nitrogens is 3. The van der Waals surface area contributed by atoms with Crippen LogP contribution in [0.5, 0.6) is 10.8 Å². The summed E-state index contributed by atoms with van der Waals surface area (Å²) < 4.78 is 7.29. The van der Waals surface area contributed by atoms with Crippen molar-refractivity contribution in [1.82, 2.24) is 20.1 Å². The van der Waals surface area contributed by atoms with Gasteiger partial charge in [0.2, 0.25) is 5.06 Å². The van der Waals surface area contributed by atoms with Crippen molar-refractivity contribution < 1.29 is 14.6 Å². The Bertz CT molecular complexity index is 1150. The summed E-state index contributed by atoms with van der Waals surface area (Å²) in [7, 11) is 0. The highest BCUT2D eigenvalue weighted by Crippen LogP contribution is 2.32. The second kappa shape index (κ2) is 9.44. The molecule has 2 N–H and O–H groups in total. The van der Waals surface area contributed by atoms with Crippen LogP contribution in [0.3, 0.4) is 0 Å². The first-order valence-electron chi connectivity index (χ1n) is 9.85. The van der Waals surface area contributed by atoms with E-state index in [-0.39, 0.29) is 5.75 Å². The van der Waals surface area contributed by atoms with Gasteiger partial charge in [0.1, 0.15) is 16.5 Å². The Morgan fingerprint density at radius 2 is 1.87 bits per heavy atom. The fraction of sp³-hybridized carbons (Fsp3) is 0.174. The van der Waals surface area contributed by atoms with E-state index < -0.39 is 6.09 Å². The molecule has 0 aliphatic heterocycles. The Labute approximate surface area is 184 Å².